The highest BCUT2D eigenvalue weighted by atomic mass is 16.1. The summed E-state index contributed by atoms with van der Waals surface area (Å²) in [5.74, 6) is 0.350. The van der Waals surface area contributed by atoms with Crippen LogP contribution in [-0.2, 0) is 10.3 Å². The molecule has 0 bridgehead atoms. The van der Waals surface area contributed by atoms with E-state index in [9.17, 15) is 4.79 Å². The molecule has 0 radical (unpaired) electrons. The fourth-order valence-corrected chi connectivity index (χ4v) is 2.15. The number of aryl methyl sites for hydroxylation is 1. The summed E-state index contributed by atoms with van der Waals surface area (Å²) >= 11 is 0. The standard InChI is InChI=1S/C13H17NO/c1-10-2-4-11(5-3-10)13(14)8-6-12(15)7-9-13/h2-5H,6-9,14H2,1H3. The third-order valence-corrected chi connectivity index (χ3v) is 3.33. The monoisotopic (exact) mass is 203 g/mol. The van der Waals surface area contributed by atoms with E-state index in [4.69, 9.17) is 5.73 Å². The molecule has 0 unspecified atom stereocenters. The number of carbonyl (C=O) groups excluding carboxylic acids is 1. The molecular formula is C13H17NO. The molecule has 0 heterocycles. The van der Waals surface area contributed by atoms with Crippen LogP contribution in [0.15, 0.2) is 24.3 Å². The summed E-state index contributed by atoms with van der Waals surface area (Å²) < 4.78 is 0. The van der Waals surface area contributed by atoms with Crippen LogP contribution in [0.3, 0.4) is 0 Å². The van der Waals surface area contributed by atoms with Crippen LogP contribution in [0.1, 0.15) is 36.8 Å². The van der Waals surface area contributed by atoms with E-state index in [1.807, 2.05) is 0 Å². The van der Waals surface area contributed by atoms with E-state index >= 15 is 0 Å². The maximum absolute atomic E-state index is 11.2. The molecule has 0 spiro atoms. The van der Waals surface area contributed by atoms with E-state index in [1.54, 1.807) is 0 Å². The van der Waals surface area contributed by atoms with Gasteiger partial charge < -0.3 is 5.73 Å². The molecule has 1 saturated carbocycles. The predicted molar refractivity (Wildman–Crippen MR) is 60.5 cm³/mol. The highest BCUT2D eigenvalue weighted by Crippen LogP contribution is 2.33. The van der Waals surface area contributed by atoms with Gasteiger partial charge >= 0.3 is 0 Å². The molecule has 0 saturated heterocycles. The molecule has 0 aliphatic heterocycles. The Hall–Kier alpha value is -1.15. The van der Waals surface area contributed by atoms with E-state index in [0.29, 0.717) is 18.6 Å². The summed E-state index contributed by atoms with van der Waals surface area (Å²) in [6, 6.07) is 8.34. The molecule has 2 nitrogen and oxygen atoms in total. The summed E-state index contributed by atoms with van der Waals surface area (Å²) in [5.41, 5.74) is 8.48. The summed E-state index contributed by atoms with van der Waals surface area (Å²) in [7, 11) is 0. The Morgan fingerprint density at radius 2 is 1.67 bits per heavy atom. The molecular weight excluding hydrogens is 186 g/mol. The van der Waals surface area contributed by atoms with Crippen LogP contribution in [0.25, 0.3) is 0 Å². The SMILES string of the molecule is Cc1ccc(C2(N)CCC(=O)CC2)cc1. The van der Waals surface area contributed by atoms with Gasteiger partial charge in [-0.1, -0.05) is 29.8 Å². The summed E-state index contributed by atoms with van der Waals surface area (Å²) in [6.45, 7) is 2.07. The van der Waals surface area contributed by atoms with Crippen molar-refractivity contribution in [1.29, 1.82) is 0 Å². The Balaban J connectivity index is 2.22. The molecule has 1 aromatic rings. The van der Waals surface area contributed by atoms with Crippen LogP contribution in [0.2, 0.25) is 0 Å². The molecule has 1 aliphatic rings. The number of ketones is 1. The first kappa shape index (κ1) is 10.4. The van der Waals surface area contributed by atoms with Gasteiger partial charge in [0.25, 0.3) is 0 Å². The second-order valence-electron chi connectivity index (χ2n) is 4.56. The molecule has 2 heteroatoms. The molecule has 80 valence electrons. The molecule has 2 rings (SSSR count). The molecule has 0 aromatic heterocycles. The largest absolute Gasteiger partial charge is 0.321 e. The van der Waals surface area contributed by atoms with Crippen molar-refractivity contribution in [1.82, 2.24) is 0 Å². The normalized spacial score (nSPS) is 20.3. The first-order valence-corrected chi connectivity index (χ1v) is 5.48. The summed E-state index contributed by atoms with van der Waals surface area (Å²) in [5, 5.41) is 0. The van der Waals surface area contributed by atoms with Gasteiger partial charge in [0.1, 0.15) is 5.78 Å². The highest BCUT2D eigenvalue weighted by Gasteiger charge is 2.32. The van der Waals surface area contributed by atoms with Crippen molar-refractivity contribution in [2.75, 3.05) is 0 Å². The van der Waals surface area contributed by atoms with Crippen molar-refractivity contribution in [3.05, 3.63) is 35.4 Å². The molecule has 0 atom stereocenters. The van der Waals surface area contributed by atoms with E-state index < -0.39 is 0 Å². The Morgan fingerprint density at radius 3 is 2.20 bits per heavy atom. The van der Waals surface area contributed by atoms with Gasteiger partial charge in [0.2, 0.25) is 0 Å². The van der Waals surface area contributed by atoms with Crippen LogP contribution in [0.4, 0.5) is 0 Å². The van der Waals surface area contributed by atoms with Crippen molar-refractivity contribution in [3.8, 4) is 0 Å². The van der Waals surface area contributed by atoms with Crippen molar-refractivity contribution < 1.29 is 4.79 Å². The number of hydrogen-bond donors (Lipinski definition) is 1. The minimum absolute atomic E-state index is 0.276. The van der Waals surface area contributed by atoms with Crippen LogP contribution in [0, 0.1) is 6.92 Å². The number of Topliss-reactive ketones (excluding diaryl/α,β-unsaturated/α-hetero) is 1. The lowest BCUT2D eigenvalue weighted by Crippen LogP contribution is -2.40. The number of benzene rings is 1. The van der Waals surface area contributed by atoms with Crippen LogP contribution in [-0.4, -0.2) is 5.78 Å². The highest BCUT2D eigenvalue weighted by molar-refractivity contribution is 5.79. The minimum atomic E-state index is -0.276. The average molecular weight is 203 g/mol. The molecule has 15 heavy (non-hydrogen) atoms. The van der Waals surface area contributed by atoms with Gasteiger partial charge in [0, 0.05) is 18.4 Å². The van der Waals surface area contributed by atoms with Gasteiger partial charge in [0.15, 0.2) is 0 Å². The molecule has 2 N–H and O–H groups in total. The van der Waals surface area contributed by atoms with E-state index in [2.05, 4.69) is 31.2 Å². The fourth-order valence-electron chi connectivity index (χ4n) is 2.15. The van der Waals surface area contributed by atoms with Crippen LogP contribution >= 0.6 is 0 Å². The second-order valence-corrected chi connectivity index (χ2v) is 4.56. The zero-order valence-corrected chi connectivity index (χ0v) is 9.12. The zero-order chi connectivity index (χ0) is 10.9. The maximum Gasteiger partial charge on any atom is 0.133 e. The lowest BCUT2D eigenvalue weighted by atomic mass is 9.77. The molecule has 1 aromatic carbocycles. The van der Waals surface area contributed by atoms with Crippen molar-refractivity contribution >= 4 is 5.78 Å². The Kier molecular flexibility index (Phi) is 2.61. The number of nitrogens with two attached hydrogens (primary N) is 1. The smallest absolute Gasteiger partial charge is 0.133 e. The maximum atomic E-state index is 11.2. The lowest BCUT2D eigenvalue weighted by Gasteiger charge is -2.33. The Bertz CT molecular complexity index is 357. The van der Waals surface area contributed by atoms with Crippen LogP contribution < -0.4 is 5.73 Å². The minimum Gasteiger partial charge on any atom is -0.321 e. The third kappa shape index (κ3) is 2.10. The Labute approximate surface area is 90.5 Å². The molecule has 1 fully saturated rings. The van der Waals surface area contributed by atoms with Gasteiger partial charge in [0.05, 0.1) is 0 Å². The average Bonchev–Trinajstić information content (AvgIpc) is 2.24. The topological polar surface area (TPSA) is 43.1 Å². The van der Waals surface area contributed by atoms with Gasteiger partial charge in [-0.2, -0.15) is 0 Å². The third-order valence-electron chi connectivity index (χ3n) is 3.33. The van der Waals surface area contributed by atoms with Gasteiger partial charge in [-0.05, 0) is 25.3 Å². The van der Waals surface area contributed by atoms with Crippen molar-refractivity contribution in [3.63, 3.8) is 0 Å². The van der Waals surface area contributed by atoms with E-state index in [-0.39, 0.29) is 5.54 Å². The van der Waals surface area contributed by atoms with Gasteiger partial charge in [-0.3, -0.25) is 4.79 Å². The molecule has 0 amide bonds. The van der Waals surface area contributed by atoms with Crippen molar-refractivity contribution in [2.24, 2.45) is 5.73 Å². The zero-order valence-electron chi connectivity index (χ0n) is 9.12. The van der Waals surface area contributed by atoms with E-state index in [1.165, 1.54) is 11.1 Å². The quantitative estimate of drug-likeness (QED) is 0.761. The van der Waals surface area contributed by atoms with Gasteiger partial charge in [-0.15, -0.1) is 0 Å². The Morgan fingerprint density at radius 1 is 1.13 bits per heavy atom. The van der Waals surface area contributed by atoms with Gasteiger partial charge in [-0.25, -0.2) is 0 Å². The number of rotatable bonds is 1. The van der Waals surface area contributed by atoms with Crippen LogP contribution in [0.5, 0.6) is 0 Å². The number of carbonyl (C=O) groups is 1. The first-order valence-electron chi connectivity index (χ1n) is 5.48. The number of hydrogen-bond acceptors (Lipinski definition) is 2. The fraction of sp³-hybridized carbons (Fsp3) is 0.462. The lowest BCUT2D eigenvalue weighted by molar-refractivity contribution is -0.121. The summed E-state index contributed by atoms with van der Waals surface area (Å²) in [6.07, 6.45) is 2.83. The second kappa shape index (κ2) is 3.78. The van der Waals surface area contributed by atoms with E-state index in [0.717, 1.165) is 12.8 Å². The molecule has 1 aliphatic carbocycles. The summed E-state index contributed by atoms with van der Waals surface area (Å²) in [4.78, 5) is 11.2. The van der Waals surface area contributed by atoms with Crippen molar-refractivity contribution in [2.45, 2.75) is 38.1 Å². The first-order chi connectivity index (χ1) is 7.10. The predicted octanol–water partition coefficient (Wildman–Crippen LogP) is 2.29.